The molecule has 1 aromatic heterocycles. The number of nitrogens with one attached hydrogen (secondary N) is 1. The van der Waals surface area contributed by atoms with E-state index in [1.165, 1.54) is 0 Å². The molecule has 17 heavy (non-hydrogen) atoms. The molecule has 0 aliphatic rings. The van der Waals surface area contributed by atoms with E-state index in [-0.39, 0.29) is 18.1 Å². The maximum Gasteiger partial charge on any atom is 0.265 e. The van der Waals surface area contributed by atoms with Crippen LogP contribution < -0.4 is 5.32 Å². The summed E-state index contributed by atoms with van der Waals surface area (Å²) in [6, 6.07) is 0. The molecule has 6 heteroatoms. The third kappa shape index (κ3) is 3.47. The standard InChI is InChI=1S/C11H19N3O2S/c1-4-8-9(17-14-13-8)10(16)12-11(3,5-2)6-7-15/h15H,4-7H2,1-3H3,(H,12,16). The van der Waals surface area contributed by atoms with Gasteiger partial charge in [-0.25, -0.2) is 0 Å². The van der Waals surface area contributed by atoms with Crippen molar-refractivity contribution in [3.05, 3.63) is 10.6 Å². The fourth-order valence-corrected chi connectivity index (χ4v) is 2.16. The van der Waals surface area contributed by atoms with E-state index >= 15 is 0 Å². The van der Waals surface area contributed by atoms with Crippen LogP contribution in [-0.4, -0.2) is 32.7 Å². The van der Waals surface area contributed by atoms with Gasteiger partial charge in [0.1, 0.15) is 4.88 Å². The number of nitrogens with zero attached hydrogens (tertiary/aromatic N) is 2. The molecule has 0 bridgehead atoms. The van der Waals surface area contributed by atoms with Crippen LogP contribution in [0.5, 0.6) is 0 Å². The third-order valence-electron chi connectivity index (χ3n) is 2.96. The lowest BCUT2D eigenvalue weighted by Gasteiger charge is -2.28. The summed E-state index contributed by atoms with van der Waals surface area (Å²) in [5.41, 5.74) is 0.357. The average Bonchev–Trinajstić information content (AvgIpc) is 2.77. The minimum atomic E-state index is -0.374. The van der Waals surface area contributed by atoms with Gasteiger partial charge in [0.25, 0.3) is 5.91 Å². The molecule has 1 rings (SSSR count). The van der Waals surface area contributed by atoms with E-state index in [4.69, 9.17) is 5.11 Å². The molecule has 0 spiro atoms. The van der Waals surface area contributed by atoms with Crippen LogP contribution in [0.3, 0.4) is 0 Å². The Kier molecular flexibility index (Phi) is 5.02. The number of aliphatic hydroxyl groups excluding tert-OH is 1. The first kappa shape index (κ1) is 14.1. The van der Waals surface area contributed by atoms with E-state index in [1.54, 1.807) is 0 Å². The number of aryl methyl sites for hydroxylation is 1. The molecule has 2 N–H and O–H groups in total. The minimum Gasteiger partial charge on any atom is -0.396 e. The normalized spacial score (nSPS) is 14.4. The molecule has 0 saturated heterocycles. The number of carbonyl (C=O) groups is 1. The van der Waals surface area contributed by atoms with E-state index in [1.807, 2.05) is 20.8 Å². The SMILES string of the molecule is CCc1nnsc1C(=O)NC(C)(CC)CCO. The van der Waals surface area contributed by atoms with Gasteiger partial charge in [0.2, 0.25) is 0 Å². The van der Waals surface area contributed by atoms with Gasteiger partial charge >= 0.3 is 0 Å². The second-order valence-corrected chi connectivity index (χ2v) is 5.00. The van der Waals surface area contributed by atoms with Gasteiger partial charge in [-0.3, -0.25) is 4.79 Å². The summed E-state index contributed by atoms with van der Waals surface area (Å²) in [7, 11) is 0. The fraction of sp³-hybridized carbons (Fsp3) is 0.727. The largest absolute Gasteiger partial charge is 0.396 e. The maximum absolute atomic E-state index is 12.1. The Morgan fingerprint density at radius 3 is 2.76 bits per heavy atom. The molecule has 0 aliphatic heterocycles. The van der Waals surface area contributed by atoms with Crippen molar-refractivity contribution in [3.8, 4) is 0 Å². The van der Waals surface area contributed by atoms with Crippen LogP contribution in [0.25, 0.3) is 0 Å². The zero-order chi connectivity index (χ0) is 12.9. The van der Waals surface area contributed by atoms with Gasteiger partial charge in [-0.1, -0.05) is 18.3 Å². The highest BCUT2D eigenvalue weighted by molar-refractivity contribution is 7.08. The second kappa shape index (κ2) is 6.07. The lowest BCUT2D eigenvalue weighted by molar-refractivity contribution is 0.0889. The van der Waals surface area contributed by atoms with Gasteiger partial charge in [-0.15, -0.1) is 5.10 Å². The van der Waals surface area contributed by atoms with E-state index in [0.29, 0.717) is 17.7 Å². The zero-order valence-corrected chi connectivity index (χ0v) is 11.3. The van der Waals surface area contributed by atoms with Crippen molar-refractivity contribution in [2.75, 3.05) is 6.61 Å². The Morgan fingerprint density at radius 1 is 1.53 bits per heavy atom. The highest BCUT2D eigenvalue weighted by Gasteiger charge is 2.26. The van der Waals surface area contributed by atoms with Crippen LogP contribution in [0.4, 0.5) is 0 Å². The van der Waals surface area contributed by atoms with Gasteiger partial charge in [-0.05, 0) is 37.7 Å². The number of hydrogen-bond acceptors (Lipinski definition) is 5. The van der Waals surface area contributed by atoms with Crippen molar-refractivity contribution in [1.82, 2.24) is 14.9 Å². The molecular weight excluding hydrogens is 238 g/mol. The van der Waals surface area contributed by atoms with Gasteiger partial charge in [0.05, 0.1) is 5.69 Å². The lowest BCUT2D eigenvalue weighted by atomic mass is 9.95. The molecule has 0 saturated carbocycles. The van der Waals surface area contributed by atoms with Crippen molar-refractivity contribution >= 4 is 17.4 Å². The Balaban J connectivity index is 2.77. The molecule has 96 valence electrons. The smallest absolute Gasteiger partial charge is 0.265 e. The van der Waals surface area contributed by atoms with Crippen molar-refractivity contribution in [2.45, 2.75) is 45.6 Å². The van der Waals surface area contributed by atoms with Gasteiger partial charge < -0.3 is 10.4 Å². The number of rotatable bonds is 6. The molecule has 1 heterocycles. The second-order valence-electron chi connectivity index (χ2n) is 4.24. The summed E-state index contributed by atoms with van der Waals surface area (Å²) < 4.78 is 3.80. The van der Waals surface area contributed by atoms with E-state index in [0.717, 1.165) is 23.6 Å². The number of carbonyl (C=O) groups excluding carboxylic acids is 1. The molecular formula is C11H19N3O2S. The van der Waals surface area contributed by atoms with E-state index in [2.05, 4.69) is 14.9 Å². The van der Waals surface area contributed by atoms with Crippen LogP contribution in [0.15, 0.2) is 0 Å². The molecule has 1 unspecified atom stereocenters. The summed E-state index contributed by atoms with van der Waals surface area (Å²) in [5, 5.41) is 15.9. The summed E-state index contributed by atoms with van der Waals surface area (Å²) in [4.78, 5) is 12.6. The van der Waals surface area contributed by atoms with Crippen molar-refractivity contribution in [2.24, 2.45) is 0 Å². The van der Waals surface area contributed by atoms with Crippen LogP contribution in [-0.2, 0) is 6.42 Å². The number of hydrogen-bond donors (Lipinski definition) is 2. The predicted octanol–water partition coefficient (Wildman–Crippen LogP) is 1.38. The minimum absolute atomic E-state index is 0.0617. The van der Waals surface area contributed by atoms with Crippen molar-refractivity contribution < 1.29 is 9.90 Å². The lowest BCUT2D eigenvalue weighted by Crippen LogP contribution is -2.46. The molecule has 0 aromatic carbocycles. The fourth-order valence-electron chi connectivity index (χ4n) is 1.52. The molecule has 1 aromatic rings. The first-order valence-corrected chi connectivity index (χ1v) is 6.58. The van der Waals surface area contributed by atoms with Crippen LogP contribution in [0.2, 0.25) is 0 Å². The number of aromatic nitrogens is 2. The molecule has 5 nitrogen and oxygen atoms in total. The Morgan fingerprint density at radius 2 is 2.24 bits per heavy atom. The highest BCUT2D eigenvalue weighted by atomic mass is 32.1. The first-order chi connectivity index (χ1) is 8.06. The Labute approximate surface area is 105 Å². The molecule has 1 atom stereocenters. The average molecular weight is 257 g/mol. The molecule has 0 aliphatic carbocycles. The van der Waals surface area contributed by atoms with Crippen LogP contribution in [0, 0.1) is 0 Å². The summed E-state index contributed by atoms with van der Waals surface area (Å²) >= 11 is 1.12. The summed E-state index contributed by atoms with van der Waals surface area (Å²) in [5.74, 6) is -0.144. The van der Waals surface area contributed by atoms with Crippen molar-refractivity contribution in [3.63, 3.8) is 0 Å². The monoisotopic (exact) mass is 257 g/mol. The first-order valence-electron chi connectivity index (χ1n) is 5.81. The van der Waals surface area contributed by atoms with Gasteiger partial charge in [-0.2, -0.15) is 0 Å². The van der Waals surface area contributed by atoms with Crippen molar-refractivity contribution in [1.29, 1.82) is 0 Å². The maximum atomic E-state index is 12.1. The summed E-state index contributed by atoms with van der Waals surface area (Å²) in [6.45, 7) is 5.93. The van der Waals surface area contributed by atoms with Crippen LogP contribution in [0.1, 0.15) is 49.0 Å². The van der Waals surface area contributed by atoms with Crippen LogP contribution >= 0.6 is 11.5 Å². The van der Waals surface area contributed by atoms with E-state index < -0.39 is 0 Å². The highest BCUT2D eigenvalue weighted by Crippen LogP contribution is 2.17. The zero-order valence-electron chi connectivity index (χ0n) is 10.5. The number of aliphatic hydroxyl groups is 1. The molecule has 0 fully saturated rings. The van der Waals surface area contributed by atoms with Gasteiger partial charge in [0.15, 0.2) is 0 Å². The molecule has 0 radical (unpaired) electrons. The Bertz CT molecular complexity index is 381. The topological polar surface area (TPSA) is 75.1 Å². The quantitative estimate of drug-likeness (QED) is 0.807. The third-order valence-corrected chi connectivity index (χ3v) is 3.72. The summed E-state index contributed by atoms with van der Waals surface area (Å²) in [6.07, 6.45) is 2.01. The van der Waals surface area contributed by atoms with E-state index in [9.17, 15) is 4.79 Å². The Hall–Kier alpha value is -1.01. The number of amides is 1. The molecule has 1 amide bonds. The van der Waals surface area contributed by atoms with Gasteiger partial charge in [0, 0.05) is 12.1 Å². The predicted molar refractivity (Wildman–Crippen MR) is 67.2 cm³/mol.